The van der Waals surface area contributed by atoms with Crippen LogP contribution in [0.4, 0.5) is 5.69 Å². The van der Waals surface area contributed by atoms with Crippen LogP contribution in [0.1, 0.15) is 59.6 Å². The molecular weight excluding hydrogens is 474 g/mol. The molecule has 0 bridgehead atoms. The first-order valence-corrected chi connectivity index (χ1v) is 14.3. The first-order chi connectivity index (χ1) is 19.0. The van der Waals surface area contributed by atoms with E-state index in [0.29, 0.717) is 0 Å². The Hall–Kier alpha value is -3.69. The molecule has 1 heterocycles. The van der Waals surface area contributed by atoms with E-state index in [2.05, 4.69) is 97.7 Å². The first-order valence-electron chi connectivity index (χ1n) is 14.3. The van der Waals surface area contributed by atoms with Crippen molar-refractivity contribution in [2.45, 2.75) is 45.4 Å². The fourth-order valence-corrected chi connectivity index (χ4v) is 5.65. The van der Waals surface area contributed by atoms with Gasteiger partial charge in [-0.1, -0.05) is 73.3 Å². The molecule has 0 radical (unpaired) electrons. The molecule has 3 aromatic carbocycles. The van der Waals surface area contributed by atoms with E-state index in [0.717, 1.165) is 56.6 Å². The van der Waals surface area contributed by atoms with E-state index in [1.54, 1.807) is 0 Å². The fraction of sp³-hybridized carbons (Fsp3) is 0.306. The van der Waals surface area contributed by atoms with Gasteiger partial charge in [-0.15, -0.1) is 0 Å². The van der Waals surface area contributed by atoms with E-state index in [9.17, 15) is 0 Å². The molecule has 0 unspecified atom stereocenters. The van der Waals surface area contributed by atoms with Crippen LogP contribution in [0.5, 0.6) is 0 Å². The second-order valence-corrected chi connectivity index (χ2v) is 11.0. The summed E-state index contributed by atoms with van der Waals surface area (Å²) >= 11 is 0. The summed E-state index contributed by atoms with van der Waals surface area (Å²) in [5.41, 5.74) is 14.4. The van der Waals surface area contributed by atoms with Gasteiger partial charge < -0.3 is 10.2 Å². The lowest BCUT2D eigenvalue weighted by atomic mass is 9.87. The van der Waals surface area contributed by atoms with Crippen molar-refractivity contribution >= 4 is 22.5 Å². The van der Waals surface area contributed by atoms with Crippen molar-refractivity contribution in [1.82, 2.24) is 10.2 Å². The highest BCUT2D eigenvalue weighted by atomic mass is 15.1. The van der Waals surface area contributed by atoms with Gasteiger partial charge in [-0.3, -0.25) is 4.99 Å². The van der Waals surface area contributed by atoms with E-state index < -0.39 is 0 Å². The summed E-state index contributed by atoms with van der Waals surface area (Å²) in [6.07, 6.45) is 10.7. The van der Waals surface area contributed by atoms with Gasteiger partial charge in [-0.25, -0.2) is 0 Å². The normalized spacial score (nSPS) is 14.7. The molecule has 0 fully saturated rings. The van der Waals surface area contributed by atoms with E-state index >= 15 is 0 Å². The zero-order valence-corrected chi connectivity index (χ0v) is 23.8. The molecule has 39 heavy (non-hydrogen) atoms. The van der Waals surface area contributed by atoms with Crippen molar-refractivity contribution < 1.29 is 0 Å². The van der Waals surface area contributed by atoms with Gasteiger partial charge in [0, 0.05) is 38.5 Å². The van der Waals surface area contributed by atoms with Crippen molar-refractivity contribution in [3.05, 3.63) is 125 Å². The molecule has 5 rings (SSSR count). The number of likely N-dealkylation sites (N-methyl/N-ethyl adjacent to an activating group) is 1. The summed E-state index contributed by atoms with van der Waals surface area (Å²) in [5.74, 6) is 0. The second-order valence-electron chi connectivity index (χ2n) is 11.0. The largest absolute Gasteiger partial charge is 0.378 e. The molecule has 3 aromatic rings. The van der Waals surface area contributed by atoms with E-state index in [4.69, 9.17) is 4.99 Å². The molecule has 1 aliphatic heterocycles. The molecular formula is C36H41N3. The number of fused-ring (bicyclic) bond motifs is 2. The smallest absolute Gasteiger partial charge is 0.0670 e. The minimum absolute atomic E-state index is 0.871. The molecule has 1 aliphatic carbocycles. The standard InChI is InChI=1S/C36H41N3/c1-26-24-32-21-20-31(25-35(32)38-26)34-15-7-13-29-12-5-6-14-33(29)36(34)30-18-16-28(17-19-30)11-9-23-37-22-8-10-27(2)39(3)4/h5-6,8,10,12,14,16-21,25,37H,2,7,9,11,13,15,22-24H2,1,3-4H3/b10-8+. The lowest BCUT2D eigenvalue weighted by Crippen LogP contribution is -2.16. The van der Waals surface area contributed by atoms with Crippen LogP contribution in [-0.4, -0.2) is 37.8 Å². The van der Waals surface area contributed by atoms with Crippen molar-refractivity contribution in [2.24, 2.45) is 4.99 Å². The molecule has 200 valence electrons. The number of allylic oxidation sites excluding steroid dienone is 2. The maximum Gasteiger partial charge on any atom is 0.0670 e. The van der Waals surface area contributed by atoms with Crippen LogP contribution >= 0.6 is 0 Å². The van der Waals surface area contributed by atoms with Gasteiger partial charge in [0.25, 0.3) is 0 Å². The van der Waals surface area contributed by atoms with Gasteiger partial charge in [0.15, 0.2) is 0 Å². The highest BCUT2D eigenvalue weighted by Crippen LogP contribution is 2.41. The second kappa shape index (κ2) is 12.4. The minimum Gasteiger partial charge on any atom is -0.378 e. The van der Waals surface area contributed by atoms with Gasteiger partial charge in [-0.2, -0.15) is 0 Å². The number of aryl methyl sites for hydroxylation is 2. The summed E-state index contributed by atoms with van der Waals surface area (Å²) in [5, 5.41) is 3.51. The van der Waals surface area contributed by atoms with Gasteiger partial charge in [-0.05, 0) is 102 Å². The molecule has 1 N–H and O–H groups in total. The van der Waals surface area contributed by atoms with Crippen molar-refractivity contribution in [3.8, 4) is 0 Å². The highest BCUT2D eigenvalue weighted by Gasteiger charge is 2.21. The Bertz CT molecular complexity index is 1420. The van der Waals surface area contributed by atoms with Gasteiger partial charge in [0.05, 0.1) is 5.69 Å². The Morgan fingerprint density at radius 2 is 1.77 bits per heavy atom. The quantitative estimate of drug-likeness (QED) is 0.220. The van der Waals surface area contributed by atoms with Crippen LogP contribution in [0.25, 0.3) is 11.1 Å². The lowest BCUT2D eigenvalue weighted by Gasteiger charge is -2.17. The summed E-state index contributed by atoms with van der Waals surface area (Å²) in [6.45, 7) is 8.03. The lowest BCUT2D eigenvalue weighted by molar-refractivity contribution is 0.532. The van der Waals surface area contributed by atoms with Crippen LogP contribution in [0.2, 0.25) is 0 Å². The van der Waals surface area contributed by atoms with Crippen LogP contribution in [0.15, 0.2) is 96.2 Å². The number of nitrogens with one attached hydrogen (secondary N) is 1. The van der Waals surface area contributed by atoms with Crippen LogP contribution < -0.4 is 5.32 Å². The van der Waals surface area contributed by atoms with E-state index in [1.165, 1.54) is 56.7 Å². The summed E-state index contributed by atoms with van der Waals surface area (Å²) < 4.78 is 0. The first kappa shape index (κ1) is 26.9. The fourth-order valence-electron chi connectivity index (χ4n) is 5.65. The Labute approximate surface area is 234 Å². The predicted molar refractivity (Wildman–Crippen MR) is 168 cm³/mol. The average molecular weight is 516 g/mol. The number of aliphatic imine (C=N–C) groups is 1. The molecule has 0 spiro atoms. The summed E-state index contributed by atoms with van der Waals surface area (Å²) in [7, 11) is 4.03. The maximum absolute atomic E-state index is 4.83. The molecule has 0 amide bonds. The number of hydrogen-bond acceptors (Lipinski definition) is 3. The third-order valence-corrected chi connectivity index (χ3v) is 7.86. The summed E-state index contributed by atoms with van der Waals surface area (Å²) in [6, 6.07) is 25.2. The molecule has 3 nitrogen and oxygen atoms in total. The average Bonchev–Trinajstić information content (AvgIpc) is 3.20. The number of benzene rings is 3. The molecule has 0 saturated heterocycles. The predicted octanol–water partition coefficient (Wildman–Crippen LogP) is 7.78. The van der Waals surface area contributed by atoms with E-state index in [1.807, 2.05) is 19.0 Å². The Balaban J connectivity index is 1.34. The van der Waals surface area contributed by atoms with Crippen LogP contribution in [-0.2, 0) is 19.3 Å². The topological polar surface area (TPSA) is 27.6 Å². The Morgan fingerprint density at radius 1 is 0.974 bits per heavy atom. The molecule has 2 aliphatic rings. The van der Waals surface area contributed by atoms with Crippen molar-refractivity contribution in [3.63, 3.8) is 0 Å². The zero-order valence-electron chi connectivity index (χ0n) is 23.8. The SMILES string of the molecule is C=C(/C=C/CNCCCc1ccc(C2=C(c3ccc4c(c3)N=C(C)C4)CCCc3ccccc32)cc1)N(C)C. The zero-order chi connectivity index (χ0) is 27.2. The third-order valence-electron chi connectivity index (χ3n) is 7.86. The molecule has 0 atom stereocenters. The van der Waals surface area contributed by atoms with Crippen LogP contribution in [0, 0.1) is 0 Å². The van der Waals surface area contributed by atoms with E-state index in [-0.39, 0.29) is 0 Å². The van der Waals surface area contributed by atoms with Gasteiger partial charge in [0.2, 0.25) is 0 Å². The van der Waals surface area contributed by atoms with Gasteiger partial charge >= 0.3 is 0 Å². The molecule has 3 heteroatoms. The van der Waals surface area contributed by atoms with Crippen molar-refractivity contribution in [1.29, 1.82) is 0 Å². The number of rotatable bonds is 10. The maximum atomic E-state index is 4.83. The Kier molecular flexibility index (Phi) is 8.58. The number of nitrogens with zero attached hydrogens (tertiary/aromatic N) is 2. The molecule has 0 saturated carbocycles. The van der Waals surface area contributed by atoms with Crippen molar-refractivity contribution in [2.75, 3.05) is 27.2 Å². The summed E-state index contributed by atoms with van der Waals surface area (Å²) in [4.78, 5) is 6.85. The number of hydrogen-bond donors (Lipinski definition) is 1. The van der Waals surface area contributed by atoms with Gasteiger partial charge in [0.1, 0.15) is 0 Å². The minimum atomic E-state index is 0.871. The highest BCUT2D eigenvalue weighted by molar-refractivity contribution is 6.01. The third kappa shape index (κ3) is 6.49. The monoisotopic (exact) mass is 515 g/mol. The van der Waals surface area contributed by atoms with Crippen LogP contribution in [0.3, 0.4) is 0 Å². The Morgan fingerprint density at radius 3 is 2.59 bits per heavy atom. The molecule has 0 aromatic heterocycles.